The van der Waals surface area contributed by atoms with E-state index in [0.29, 0.717) is 6.42 Å². The number of carbonyl (C=O) groups excluding carboxylic acids is 1. The molecule has 0 saturated carbocycles. The molecule has 0 spiro atoms. The lowest BCUT2D eigenvalue weighted by Gasteiger charge is -2.22. The van der Waals surface area contributed by atoms with Gasteiger partial charge in [0, 0.05) is 7.05 Å². The van der Waals surface area contributed by atoms with E-state index in [-0.39, 0.29) is 11.8 Å². The molecule has 0 bridgehead atoms. The Hall–Kier alpha value is -2.03. The van der Waals surface area contributed by atoms with E-state index in [1.54, 1.807) is 11.1 Å². The fraction of sp³-hybridized carbons (Fsp3) is 0.267. The van der Waals surface area contributed by atoms with Crippen LogP contribution in [0, 0.1) is 5.92 Å². The van der Waals surface area contributed by atoms with Gasteiger partial charge in [-0.2, -0.15) is 0 Å². The number of para-hydroxylation sites is 1. The summed E-state index contributed by atoms with van der Waals surface area (Å²) >= 11 is 0. The van der Waals surface area contributed by atoms with Crippen LogP contribution in [0.15, 0.2) is 55.1 Å². The van der Waals surface area contributed by atoms with Crippen molar-refractivity contribution in [1.82, 2.24) is 5.43 Å². The van der Waals surface area contributed by atoms with Crippen LogP contribution in [0.2, 0.25) is 0 Å². The molecule has 1 atom stereocenters. The maximum atomic E-state index is 12.1. The summed E-state index contributed by atoms with van der Waals surface area (Å²) in [7, 11) is 1.83. The normalized spacial score (nSPS) is 12.1. The Morgan fingerprint density at radius 2 is 2.11 bits per heavy atom. The molecule has 0 aliphatic carbocycles. The number of hydrazine groups is 1. The van der Waals surface area contributed by atoms with Gasteiger partial charge in [-0.15, -0.1) is 6.58 Å². The highest BCUT2D eigenvalue weighted by Gasteiger charge is 2.15. The average molecular weight is 244 g/mol. The number of nitrogens with zero attached hydrogens (tertiary/aromatic N) is 1. The smallest absolute Gasteiger partial charge is 0.245 e. The SMILES string of the molecule is C=CCC(/C=C\C)C(=O)NN(C)c1ccccc1. The summed E-state index contributed by atoms with van der Waals surface area (Å²) < 4.78 is 0. The fourth-order valence-electron chi connectivity index (χ4n) is 1.65. The summed E-state index contributed by atoms with van der Waals surface area (Å²) in [6.45, 7) is 5.58. The second-order valence-electron chi connectivity index (χ2n) is 4.03. The highest BCUT2D eigenvalue weighted by molar-refractivity contribution is 5.82. The van der Waals surface area contributed by atoms with E-state index in [0.717, 1.165) is 5.69 Å². The molecule has 3 nitrogen and oxygen atoms in total. The summed E-state index contributed by atoms with van der Waals surface area (Å²) in [5, 5.41) is 1.72. The molecule has 0 aromatic heterocycles. The Labute approximate surface area is 109 Å². The van der Waals surface area contributed by atoms with E-state index >= 15 is 0 Å². The number of rotatable bonds is 6. The molecule has 3 heteroatoms. The first kappa shape index (κ1) is 14.0. The Kier molecular flexibility index (Phi) is 5.71. The van der Waals surface area contributed by atoms with Crippen molar-refractivity contribution >= 4 is 11.6 Å². The van der Waals surface area contributed by atoms with Crippen LogP contribution in [0.25, 0.3) is 0 Å². The average Bonchev–Trinajstić information content (AvgIpc) is 2.39. The van der Waals surface area contributed by atoms with Crippen LogP contribution in [0.3, 0.4) is 0 Å². The number of hydrogen-bond donors (Lipinski definition) is 1. The van der Waals surface area contributed by atoms with Gasteiger partial charge in [-0.05, 0) is 25.5 Å². The van der Waals surface area contributed by atoms with E-state index in [1.165, 1.54) is 0 Å². The van der Waals surface area contributed by atoms with Crippen molar-refractivity contribution < 1.29 is 4.79 Å². The molecular formula is C15H20N2O. The lowest BCUT2D eigenvalue weighted by atomic mass is 10.0. The van der Waals surface area contributed by atoms with Gasteiger partial charge in [0.2, 0.25) is 5.91 Å². The maximum absolute atomic E-state index is 12.1. The molecular weight excluding hydrogens is 224 g/mol. The largest absolute Gasteiger partial charge is 0.289 e. The first-order chi connectivity index (χ1) is 8.69. The second-order valence-corrected chi connectivity index (χ2v) is 4.03. The van der Waals surface area contributed by atoms with E-state index < -0.39 is 0 Å². The second kappa shape index (κ2) is 7.33. The van der Waals surface area contributed by atoms with E-state index in [2.05, 4.69) is 12.0 Å². The summed E-state index contributed by atoms with van der Waals surface area (Å²) in [6, 6.07) is 9.70. The van der Waals surface area contributed by atoms with Crippen molar-refractivity contribution in [3.63, 3.8) is 0 Å². The molecule has 1 amide bonds. The predicted octanol–water partition coefficient (Wildman–Crippen LogP) is 2.92. The molecule has 0 aliphatic heterocycles. The monoisotopic (exact) mass is 244 g/mol. The summed E-state index contributed by atoms with van der Waals surface area (Å²) in [5.41, 5.74) is 3.81. The molecule has 1 unspecified atom stereocenters. The zero-order valence-corrected chi connectivity index (χ0v) is 11.0. The van der Waals surface area contributed by atoms with Crippen LogP contribution in [-0.4, -0.2) is 13.0 Å². The minimum absolute atomic E-state index is 0.0284. The lowest BCUT2D eigenvalue weighted by molar-refractivity contribution is -0.123. The predicted molar refractivity (Wildman–Crippen MR) is 76.1 cm³/mol. The van der Waals surface area contributed by atoms with Gasteiger partial charge in [-0.1, -0.05) is 36.4 Å². The van der Waals surface area contributed by atoms with Gasteiger partial charge in [0.15, 0.2) is 0 Å². The first-order valence-corrected chi connectivity index (χ1v) is 6.02. The number of carbonyl (C=O) groups is 1. The third-order valence-corrected chi connectivity index (χ3v) is 2.60. The molecule has 1 rings (SSSR count). The molecule has 0 radical (unpaired) electrons. The standard InChI is InChI=1S/C15H20N2O/c1-4-9-13(10-5-2)15(18)16-17(3)14-11-7-6-8-12-14/h4-8,10-13H,1,9H2,2-3H3,(H,16,18)/b10-5-. The Bertz CT molecular complexity index is 412. The van der Waals surface area contributed by atoms with Crippen molar-refractivity contribution in [2.75, 3.05) is 12.1 Å². The van der Waals surface area contributed by atoms with Crippen molar-refractivity contribution in [1.29, 1.82) is 0 Å². The lowest BCUT2D eigenvalue weighted by Crippen LogP contribution is -2.42. The molecule has 0 fully saturated rings. The van der Waals surface area contributed by atoms with Crippen LogP contribution >= 0.6 is 0 Å². The quantitative estimate of drug-likeness (QED) is 0.616. The Balaban J connectivity index is 2.65. The van der Waals surface area contributed by atoms with Gasteiger partial charge < -0.3 is 0 Å². The van der Waals surface area contributed by atoms with Crippen LogP contribution in [0.1, 0.15) is 13.3 Å². The molecule has 0 saturated heterocycles. The highest BCUT2D eigenvalue weighted by atomic mass is 16.2. The summed E-state index contributed by atoms with van der Waals surface area (Å²) in [6.07, 6.45) is 6.16. The van der Waals surface area contributed by atoms with Gasteiger partial charge in [-0.25, -0.2) is 0 Å². The topological polar surface area (TPSA) is 32.3 Å². The van der Waals surface area contributed by atoms with Crippen molar-refractivity contribution in [3.05, 3.63) is 55.1 Å². The molecule has 1 aromatic carbocycles. The number of benzene rings is 1. The number of anilines is 1. The third kappa shape index (κ3) is 4.09. The molecule has 0 aliphatic rings. The van der Waals surface area contributed by atoms with Crippen molar-refractivity contribution in [2.24, 2.45) is 5.92 Å². The Morgan fingerprint density at radius 1 is 1.44 bits per heavy atom. The van der Waals surface area contributed by atoms with Gasteiger partial charge in [0.1, 0.15) is 0 Å². The molecule has 1 aromatic rings. The van der Waals surface area contributed by atoms with Gasteiger partial charge >= 0.3 is 0 Å². The van der Waals surface area contributed by atoms with Gasteiger partial charge in [0.05, 0.1) is 11.6 Å². The number of hydrogen-bond acceptors (Lipinski definition) is 2. The van der Waals surface area contributed by atoms with Gasteiger partial charge in [0.25, 0.3) is 0 Å². The molecule has 18 heavy (non-hydrogen) atoms. The van der Waals surface area contributed by atoms with Crippen LogP contribution < -0.4 is 10.4 Å². The molecule has 96 valence electrons. The maximum Gasteiger partial charge on any atom is 0.245 e. The highest BCUT2D eigenvalue weighted by Crippen LogP contribution is 2.11. The number of amides is 1. The Morgan fingerprint density at radius 3 is 2.67 bits per heavy atom. The van der Waals surface area contributed by atoms with Crippen LogP contribution in [0.5, 0.6) is 0 Å². The third-order valence-electron chi connectivity index (χ3n) is 2.60. The zero-order chi connectivity index (χ0) is 13.4. The number of allylic oxidation sites excluding steroid dienone is 2. The van der Waals surface area contributed by atoms with E-state index in [1.807, 2.05) is 56.5 Å². The van der Waals surface area contributed by atoms with Gasteiger partial charge in [-0.3, -0.25) is 15.2 Å². The zero-order valence-electron chi connectivity index (χ0n) is 11.0. The fourth-order valence-corrected chi connectivity index (χ4v) is 1.65. The van der Waals surface area contributed by atoms with Crippen LogP contribution in [0.4, 0.5) is 5.69 Å². The van der Waals surface area contributed by atoms with Crippen molar-refractivity contribution in [2.45, 2.75) is 13.3 Å². The minimum atomic E-state index is -0.168. The first-order valence-electron chi connectivity index (χ1n) is 6.02. The number of nitrogens with one attached hydrogen (secondary N) is 1. The molecule has 0 heterocycles. The van der Waals surface area contributed by atoms with E-state index in [4.69, 9.17) is 0 Å². The summed E-state index contributed by atoms with van der Waals surface area (Å²) in [4.78, 5) is 12.1. The molecule has 1 N–H and O–H groups in total. The van der Waals surface area contributed by atoms with Crippen molar-refractivity contribution in [3.8, 4) is 0 Å². The summed E-state index contributed by atoms with van der Waals surface area (Å²) in [5.74, 6) is -0.196. The van der Waals surface area contributed by atoms with Crippen LogP contribution in [-0.2, 0) is 4.79 Å². The minimum Gasteiger partial charge on any atom is -0.289 e. The van der Waals surface area contributed by atoms with E-state index in [9.17, 15) is 4.79 Å².